The number of hydrogen-bond donors (Lipinski definition) is 2. The van der Waals surface area contributed by atoms with Crippen molar-refractivity contribution in [2.75, 3.05) is 18.1 Å². The first kappa shape index (κ1) is 14.8. The van der Waals surface area contributed by atoms with Crippen molar-refractivity contribution in [3.05, 3.63) is 23.8 Å². The van der Waals surface area contributed by atoms with E-state index in [1.807, 2.05) is 36.9 Å². The second kappa shape index (κ2) is 6.24. The minimum absolute atomic E-state index is 0.117. The average molecular weight is 278 g/mol. The molecule has 1 aliphatic rings. The largest absolute Gasteiger partial charge is 0.490 e. The number of rotatable bonds is 5. The van der Waals surface area contributed by atoms with Gasteiger partial charge in [0.05, 0.1) is 5.69 Å². The van der Waals surface area contributed by atoms with Gasteiger partial charge in [0.1, 0.15) is 18.5 Å². The van der Waals surface area contributed by atoms with Crippen LogP contribution in [0.2, 0.25) is 0 Å². The van der Waals surface area contributed by atoms with Crippen molar-refractivity contribution in [2.24, 2.45) is 5.73 Å². The molecule has 0 radical (unpaired) electrons. The molecule has 0 saturated carbocycles. The number of aliphatic hydroxyl groups is 1. The molecule has 5 heteroatoms. The normalized spacial score (nSPS) is 16.2. The molecular weight excluding hydrogens is 256 g/mol. The van der Waals surface area contributed by atoms with Crippen LogP contribution in [-0.2, 0) is 11.2 Å². The Morgan fingerprint density at radius 3 is 2.80 bits per heavy atom. The van der Waals surface area contributed by atoms with E-state index >= 15 is 0 Å². The summed E-state index contributed by atoms with van der Waals surface area (Å²) in [6, 6.07) is 5.80. The second-order valence-electron chi connectivity index (χ2n) is 5.31. The maximum atomic E-state index is 12.1. The predicted octanol–water partition coefficient (Wildman–Crippen LogP) is 1.07. The molecule has 1 amide bonds. The van der Waals surface area contributed by atoms with Gasteiger partial charge in [-0.1, -0.05) is 6.07 Å². The summed E-state index contributed by atoms with van der Waals surface area (Å²) in [5, 5.41) is 9.49. The van der Waals surface area contributed by atoms with Gasteiger partial charge in [-0.15, -0.1) is 0 Å². The summed E-state index contributed by atoms with van der Waals surface area (Å²) in [7, 11) is 0. The molecule has 2 rings (SSSR count). The number of amides is 1. The van der Waals surface area contributed by atoms with Crippen molar-refractivity contribution in [1.29, 1.82) is 0 Å². The summed E-state index contributed by atoms with van der Waals surface area (Å²) in [4.78, 5) is 13.9. The number of aliphatic hydroxyl groups excluding tert-OH is 1. The third-order valence-corrected chi connectivity index (χ3v) is 3.45. The number of hydrogen-bond acceptors (Lipinski definition) is 4. The Hall–Kier alpha value is -1.59. The molecule has 1 atom stereocenters. The van der Waals surface area contributed by atoms with E-state index < -0.39 is 6.10 Å². The van der Waals surface area contributed by atoms with Crippen LogP contribution in [0.1, 0.15) is 25.8 Å². The van der Waals surface area contributed by atoms with Crippen LogP contribution in [0, 0.1) is 0 Å². The van der Waals surface area contributed by atoms with Gasteiger partial charge < -0.3 is 20.5 Å². The molecule has 1 aliphatic heterocycles. The minimum atomic E-state index is -0.669. The topological polar surface area (TPSA) is 75.8 Å². The van der Waals surface area contributed by atoms with Crippen molar-refractivity contribution in [3.63, 3.8) is 0 Å². The van der Waals surface area contributed by atoms with Crippen molar-refractivity contribution in [3.8, 4) is 5.75 Å². The van der Waals surface area contributed by atoms with Gasteiger partial charge in [-0.2, -0.15) is 0 Å². The molecule has 110 valence electrons. The molecule has 0 fully saturated rings. The van der Waals surface area contributed by atoms with E-state index in [4.69, 9.17) is 10.5 Å². The van der Waals surface area contributed by atoms with Gasteiger partial charge >= 0.3 is 0 Å². The lowest BCUT2D eigenvalue weighted by molar-refractivity contribution is -0.119. The van der Waals surface area contributed by atoms with Gasteiger partial charge in [0.2, 0.25) is 5.91 Å². The first-order valence-electron chi connectivity index (χ1n) is 6.99. The molecule has 0 aliphatic carbocycles. The van der Waals surface area contributed by atoms with E-state index in [0.717, 1.165) is 17.0 Å². The van der Waals surface area contributed by atoms with Crippen LogP contribution in [0.4, 0.5) is 5.69 Å². The summed E-state index contributed by atoms with van der Waals surface area (Å²) in [5.41, 5.74) is 7.32. The Morgan fingerprint density at radius 1 is 1.40 bits per heavy atom. The standard InChI is InChI=1S/C15H22N2O3/c1-10(2)17-13-4-3-5-14(20-9-11(18)8-16)12(13)6-7-15(17)19/h3-5,10-11,18H,6-9,16H2,1-2H3. The Balaban J connectivity index is 2.27. The number of carbonyl (C=O) groups is 1. The highest BCUT2D eigenvalue weighted by Crippen LogP contribution is 2.35. The average Bonchev–Trinajstić information content (AvgIpc) is 2.43. The third-order valence-electron chi connectivity index (χ3n) is 3.45. The fourth-order valence-corrected chi connectivity index (χ4v) is 2.47. The first-order chi connectivity index (χ1) is 9.54. The predicted molar refractivity (Wildman–Crippen MR) is 77.9 cm³/mol. The minimum Gasteiger partial charge on any atom is -0.490 e. The molecule has 1 heterocycles. The van der Waals surface area contributed by atoms with Crippen molar-refractivity contribution < 1.29 is 14.6 Å². The summed E-state index contributed by atoms with van der Waals surface area (Å²) in [5.74, 6) is 0.875. The number of benzene rings is 1. The second-order valence-corrected chi connectivity index (χ2v) is 5.31. The van der Waals surface area contributed by atoms with Gasteiger partial charge in [0.15, 0.2) is 0 Å². The van der Waals surface area contributed by atoms with E-state index in [1.54, 1.807) is 0 Å². The smallest absolute Gasteiger partial charge is 0.227 e. The van der Waals surface area contributed by atoms with Gasteiger partial charge in [-0.05, 0) is 32.4 Å². The fraction of sp³-hybridized carbons (Fsp3) is 0.533. The highest BCUT2D eigenvalue weighted by atomic mass is 16.5. The van der Waals surface area contributed by atoms with Crippen LogP contribution in [0.3, 0.4) is 0 Å². The Bertz CT molecular complexity index is 488. The van der Waals surface area contributed by atoms with Gasteiger partial charge in [-0.25, -0.2) is 0 Å². The zero-order valence-corrected chi connectivity index (χ0v) is 12.0. The first-order valence-corrected chi connectivity index (χ1v) is 6.99. The van der Waals surface area contributed by atoms with E-state index in [-0.39, 0.29) is 25.1 Å². The number of nitrogens with two attached hydrogens (primary N) is 1. The van der Waals surface area contributed by atoms with Crippen LogP contribution >= 0.6 is 0 Å². The third kappa shape index (κ3) is 2.94. The van der Waals surface area contributed by atoms with Gasteiger partial charge in [-0.3, -0.25) is 4.79 Å². The molecular formula is C15H22N2O3. The van der Waals surface area contributed by atoms with E-state index in [1.165, 1.54) is 0 Å². The molecule has 1 aromatic carbocycles. The number of ether oxygens (including phenoxy) is 1. The van der Waals surface area contributed by atoms with E-state index in [2.05, 4.69) is 0 Å². The Kier molecular flexibility index (Phi) is 4.62. The Morgan fingerprint density at radius 2 is 2.15 bits per heavy atom. The molecule has 5 nitrogen and oxygen atoms in total. The highest BCUT2D eigenvalue weighted by Gasteiger charge is 2.28. The highest BCUT2D eigenvalue weighted by molar-refractivity contribution is 5.97. The zero-order chi connectivity index (χ0) is 14.7. The van der Waals surface area contributed by atoms with Crippen LogP contribution in [0.15, 0.2) is 18.2 Å². The number of nitrogens with zero attached hydrogens (tertiary/aromatic N) is 1. The zero-order valence-electron chi connectivity index (χ0n) is 12.0. The molecule has 3 N–H and O–H groups in total. The number of anilines is 1. The van der Waals surface area contributed by atoms with E-state index in [9.17, 15) is 9.90 Å². The quantitative estimate of drug-likeness (QED) is 0.845. The molecule has 1 unspecified atom stereocenters. The molecule has 0 bridgehead atoms. The fourth-order valence-electron chi connectivity index (χ4n) is 2.47. The van der Waals surface area contributed by atoms with Gasteiger partial charge in [0.25, 0.3) is 0 Å². The summed E-state index contributed by atoms with van der Waals surface area (Å²) in [6.45, 7) is 4.34. The van der Waals surface area contributed by atoms with Crippen molar-refractivity contribution >= 4 is 11.6 Å². The number of fused-ring (bicyclic) bond motifs is 1. The lowest BCUT2D eigenvalue weighted by Crippen LogP contribution is -2.40. The Labute approximate surface area is 119 Å². The summed E-state index contributed by atoms with van der Waals surface area (Å²) >= 11 is 0. The molecule has 1 aromatic rings. The maximum absolute atomic E-state index is 12.1. The maximum Gasteiger partial charge on any atom is 0.227 e. The lowest BCUT2D eigenvalue weighted by Gasteiger charge is -2.33. The monoisotopic (exact) mass is 278 g/mol. The van der Waals surface area contributed by atoms with Crippen LogP contribution in [-0.4, -0.2) is 36.3 Å². The molecule has 0 aromatic heterocycles. The number of carbonyl (C=O) groups excluding carboxylic acids is 1. The summed E-state index contributed by atoms with van der Waals surface area (Å²) in [6.07, 6.45) is 0.495. The van der Waals surface area contributed by atoms with Crippen molar-refractivity contribution in [2.45, 2.75) is 38.8 Å². The van der Waals surface area contributed by atoms with Crippen LogP contribution < -0.4 is 15.4 Å². The van der Waals surface area contributed by atoms with E-state index in [0.29, 0.717) is 12.8 Å². The van der Waals surface area contributed by atoms with Crippen LogP contribution in [0.25, 0.3) is 0 Å². The van der Waals surface area contributed by atoms with Gasteiger partial charge in [0, 0.05) is 24.6 Å². The molecule has 0 saturated heterocycles. The van der Waals surface area contributed by atoms with Crippen LogP contribution in [0.5, 0.6) is 5.75 Å². The lowest BCUT2D eigenvalue weighted by atomic mass is 9.99. The molecule has 20 heavy (non-hydrogen) atoms. The van der Waals surface area contributed by atoms with Crippen molar-refractivity contribution in [1.82, 2.24) is 0 Å². The SMILES string of the molecule is CC(C)N1C(=O)CCc2c(OCC(O)CN)cccc21. The molecule has 0 spiro atoms. The summed E-state index contributed by atoms with van der Waals surface area (Å²) < 4.78 is 5.65.